The number of hydrogen-bond acceptors (Lipinski definition) is 4. The number of hydrogen-bond donors (Lipinski definition) is 1. The minimum absolute atomic E-state index is 0.245. The van der Waals surface area contributed by atoms with Gasteiger partial charge in [0.2, 0.25) is 0 Å². The van der Waals surface area contributed by atoms with E-state index in [4.69, 9.17) is 39.5 Å². The van der Waals surface area contributed by atoms with E-state index in [-0.39, 0.29) is 6.23 Å². The number of benzene rings is 1. The highest BCUT2D eigenvalue weighted by Crippen LogP contribution is 2.36. The van der Waals surface area contributed by atoms with Crippen LogP contribution in [0.3, 0.4) is 0 Å². The van der Waals surface area contributed by atoms with Crippen LogP contribution in [0.2, 0.25) is 15.1 Å². The molecule has 1 unspecified atom stereocenters. The Morgan fingerprint density at radius 1 is 1.14 bits per heavy atom. The van der Waals surface area contributed by atoms with Gasteiger partial charge in [-0.05, 0) is 31.0 Å². The second kappa shape index (κ2) is 7.80. The lowest BCUT2D eigenvalue weighted by molar-refractivity contribution is 0.184. The molecule has 0 bridgehead atoms. The first-order valence-corrected chi connectivity index (χ1v) is 7.48. The number of aromatic nitrogens is 2. The van der Waals surface area contributed by atoms with E-state index in [9.17, 15) is 0 Å². The van der Waals surface area contributed by atoms with Crippen LogP contribution in [0, 0.1) is 0 Å². The minimum atomic E-state index is -0.245. The smallest absolute Gasteiger partial charge is 0.158 e. The molecule has 1 aromatic carbocycles. The van der Waals surface area contributed by atoms with Gasteiger partial charge in [0.25, 0.3) is 0 Å². The Morgan fingerprint density at radius 2 is 1.76 bits per heavy atom. The summed E-state index contributed by atoms with van der Waals surface area (Å²) in [6.45, 7) is 2.60. The van der Waals surface area contributed by atoms with Gasteiger partial charge in [-0.3, -0.25) is 5.32 Å². The lowest BCUT2D eigenvalue weighted by atomic mass is 10.2. The van der Waals surface area contributed by atoms with Gasteiger partial charge in [0, 0.05) is 24.0 Å². The van der Waals surface area contributed by atoms with Crippen LogP contribution in [-0.2, 0) is 6.42 Å². The monoisotopic (exact) mass is 345 g/mol. The summed E-state index contributed by atoms with van der Waals surface area (Å²) in [6, 6.07) is 3.19. The topological polar surface area (TPSA) is 47.0 Å². The Balaban J connectivity index is 1.86. The molecular formula is C14H14Cl3N3O. The van der Waals surface area contributed by atoms with Crippen LogP contribution in [0.1, 0.15) is 12.5 Å². The average Bonchev–Trinajstić information content (AvgIpc) is 2.44. The maximum Gasteiger partial charge on any atom is 0.158 e. The molecule has 21 heavy (non-hydrogen) atoms. The molecule has 0 fully saturated rings. The Kier molecular flexibility index (Phi) is 6.06. The molecule has 0 saturated heterocycles. The summed E-state index contributed by atoms with van der Waals surface area (Å²) in [4.78, 5) is 7.93. The summed E-state index contributed by atoms with van der Waals surface area (Å²) in [5.74, 6) is 0.422. The first-order valence-electron chi connectivity index (χ1n) is 6.34. The van der Waals surface area contributed by atoms with E-state index < -0.39 is 0 Å². The molecule has 0 aliphatic rings. The minimum Gasteiger partial charge on any atom is -0.473 e. The number of nitrogens with zero attached hydrogens (tertiary/aromatic N) is 2. The van der Waals surface area contributed by atoms with E-state index in [1.165, 1.54) is 6.33 Å². The van der Waals surface area contributed by atoms with E-state index in [0.29, 0.717) is 20.8 Å². The molecule has 7 heteroatoms. The molecule has 0 aliphatic heterocycles. The van der Waals surface area contributed by atoms with Gasteiger partial charge in [0.15, 0.2) is 5.75 Å². The third kappa shape index (κ3) is 5.00. The first kappa shape index (κ1) is 16.3. The van der Waals surface area contributed by atoms with Crippen LogP contribution >= 0.6 is 34.8 Å². The fourth-order valence-corrected chi connectivity index (χ4v) is 2.64. The summed E-state index contributed by atoms with van der Waals surface area (Å²) >= 11 is 18.0. The van der Waals surface area contributed by atoms with Gasteiger partial charge in [0.05, 0.1) is 10.0 Å². The first-order chi connectivity index (χ1) is 10.1. The molecule has 0 amide bonds. The van der Waals surface area contributed by atoms with Crippen molar-refractivity contribution in [2.75, 3.05) is 6.54 Å². The van der Waals surface area contributed by atoms with Crippen LogP contribution in [-0.4, -0.2) is 22.7 Å². The summed E-state index contributed by atoms with van der Waals surface area (Å²) < 4.78 is 5.70. The Hall–Kier alpha value is -1.07. The van der Waals surface area contributed by atoms with Crippen molar-refractivity contribution in [2.24, 2.45) is 0 Å². The number of rotatable bonds is 6. The van der Waals surface area contributed by atoms with Crippen molar-refractivity contribution in [1.29, 1.82) is 0 Å². The van der Waals surface area contributed by atoms with Gasteiger partial charge < -0.3 is 4.74 Å². The number of halogens is 3. The molecule has 0 spiro atoms. The van der Waals surface area contributed by atoms with E-state index in [1.54, 1.807) is 24.5 Å². The van der Waals surface area contributed by atoms with Crippen LogP contribution in [0.15, 0.2) is 30.9 Å². The largest absolute Gasteiger partial charge is 0.473 e. The number of ether oxygens (including phenoxy) is 1. The molecule has 2 rings (SSSR count). The molecule has 112 valence electrons. The zero-order valence-corrected chi connectivity index (χ0v) is 13.6. The molecule has 1 heterocycles. The van der Waals surface area contributed by atoms with E-state index >= 15 is 0 Å². The molecule has 1 N–H and O–H groups in total. The van der Waals surface area contributed by atoms with Crippen LogP contribution in [0.25, 0.3) is 0 Å². The predicted octanol–water partition coefficient (Wildman–Crippen LogP) is 3.99. The van der Waals surface area contributed by atoms with Crippen molar-refractivity contribution >= 4 is 34.8 Å². The van der Waals surface area contributed by atoms with Gasteiger partial charge in [-0.15, -0.1) is 0 Å². The predicted molar refractivity (Wildman–Crippen MR) is 85.3 cm³/mol. The standard InChI is InChI=1S/C14H14Cl3N3O/c1-9(20-3-2-10-6-18-8-19-7-10)21-14-12(16)4-11(15)5-13(14)17/h4-9,20H,2-3H2,1H3. The van der Waals surface area contributed by atoms with Gasteiger partial charge >= 0.3 is 0 Å². The molecule has 4 nitrogen and oxygen atoms in total. The fraction of sp³-hybridized carbons (Fsp3) is 0.286. The van der Waals surface area contributed by atoms with Gasteiger partial charge in [0.1, 0.15) is 12.6 Å². The molecule has 1 aromatic heterocycles. The maximum atomic E-state index is 6.07. The van der Waals surface area contributed by atoms with Crippen molar-refractivity contribution in [3.63, 3.8) is 0 Å². The van der Waals surface area contributed by atoms with E-state index in [2.05, 4.69) is 15.3 Å². The molecular weight excluding hydrogens is 333 g/mol. The maximum absolute atomic E-state index is 6.07. The van der Waals surface area contributed by atoms with Crippen molar-refractivity contribution in [3.05, 3.63) is 51.5 Å². The Labute approximate surface area is 138 Å². The third-order valence-corrected chi connectivity index (χ3v) is 3.50. The highest BCUT2D eigenvalue weighted by Gasteiger charge is 2.12. The second-order valence-corrected chi connectivity index (χ2v) is 5.66. The summed E-state index contributed by atoms with van der Waals surface area (Å²) in [6.07, 6.45) is 5.63. The average molecular weight is 347 g/mol. The third-order valence-electron chi connectivity index (χ3n) is 2.72. The van der Waals surface area contributed by atoms with Crippen molar-refractivity contribution < 1.29 is 4.74 Å². The Morgan fingerprint density at radius 3 is 2.38 bits per heavy atom. The molecule has 0 radical (unpaired) electrons. The summed E-state index contributed by atoms with van der Waals surface area (Å²) in [5, 5.41) is 4.47. The van der Waals surface area contributed by atoms with Gasteiger partial charge in [-0.1, -0.05) is 34.8 Å². The van der Waals surface area contributed by atoms with Crippen molar-refractivity contribution in [2.45, 2.75) is 19.6 Å². The van der Waals surface area contributed by atoms with Gasteiger partial charge in [-0.25, -0.2) is 9.97 Å². The second-order valence-electron chi connectivity index (χ2n) is 4.41. The molecule has 0 aliphatic carbocycles. The highest BCUT2D eigenvalue weighted by molar-refractivity contribution is 6.40. The van der Waals surface area contributed by atoms with Crippen LogP contribution in [0.4, 0.5) is 0 Å². The van der Waals surface area contributed by atoms with Crippen LogP contribution in [0.5, 0.6) is 5.75 Å². The SMILES string of the molecule is CC(NCCc1cncnc1)Oc1c(Cl)cc(Cl)cc1Cl. The summed E-state index contributed by atoms with van der Waals surface area (Å²) in [5.41, 5.74) is 1.06. The van der Waals surface area contributed by atoms with Crippen molar-refractivity contribution in [1.82, 2.24) is 15.3 Å². The zero-order chi connectivity index (χ0) is 15.2. The molecule has 0 saturated carbocycles. The molecule has 1 atom stereocenters. The molecule has 2 aromatic rings. The van der Waals surface area contributed by atoms with Crippen LogP contribution < -0.4 is 10.1 Å². The lowest BCUT2D eigenvalue weighted by Crippen LogP contribution is -2.33. The highest BCUT2D eigenvalue weighted by atomic mass is 35.5. The van der Waals surface area contributed by atoms with E-state index in [0.717, 1.165) is 18.5 Å². The Bertz CT molecular complexity index is 572. The number of nitrogens with one attached hydrogen (secondary N) is 1. The quantitative estimate of drug-likeness (QED) is 0.803. The van der Waals surface area contributed by atoms with E-state index in [1.807, 2.05) is 6.92 Å². The van der Waals surface area contributed by atoms with Crippen molar-refractivity contribution in [3.8, 4) is 5.75 Å². The zero-order valence-electron chi connectivity index (χ0n) is 11.3. The van der Waals surface area contributed by atoms with Gasteiger partial charge in [-0.2, -0.15) is 0 Å². The fourth-order valence-electron chi connectivity index (χ4n) is 1.74. The summed E-state index contributed by atoms with van der Waals surface area (Å²) in [7, 11) is 0. The normalized spacial score (nSPS) is 12.2. The lowest BCUT2D eigenvalue weighted by Gasteiger charge is -2.18.